The average Bonchev–Trinajstić information content (AvgIpc) is 3.59. The number of esters is 2. The van der Waals surface area contributed by atoms with Gasteiger partial charge in [0.15, 0.2) is 18.2 Å². The van der Waals surface area contributed by atoms with E-state index in [0.717, 1.165) is 18.4 Å². The number of hydrogen-bond acceptors (Lipinski definition) is 13. The summed E-state index contributed by atoms with van der Waals surface area (Å²) in [6, 6.07) is 8.87. The number of ether oxygens (including phenoxy) is 8. The van der Waals surface area contributed by atoms with Crippen LogP contribution >= 0.6 is 0 Å². The van der Waals surface area contributed by atoms with E-state index in [1.807, 2.05) is 45.1 Å². The topological polar surface area (TPSA) is 150 Å². The van der Waals surface area contributed by atoms with Gasteiger partial charge in [-0.1, -0.05) is 87.9 Å². The van der Waals surface area contributed by atoms with Crippen molar-refractivity contribution in [3.05, 3.63) is 83.0 Å². The summed E-state index contributed by atoms with van der Waals surface area (Å²) in [5.41, 5.74) is 1.24. The first-order chi connectivity index (χ1) is 29.7. The Kier molecular flexibility index (Phi) is 14.6. The number of carbonyl (C=O) groups is 2. The number of nitrogens with zero attached hydrogens (tertiary/aromatic N) is 1. The van der Waals surface area contributed by atoms with Gasteiger partial charge in [0.25, 0.3) is 0 Å². The summed E-state index contributed by atoms with van der Waals surface area (Å²) in [7, 11) is 3.05. The first-order valence-corrected chi connectivity index (χ1v) is 22.5. The third-order valence-corrected chi connectivity index (χ3v) is 13.9. The molecule has 4 fully saturated rings. The maximum absolute atomic E-state index is 14.5. The summed E-state index contributed by atoms with van der Waals surface area (Å²) in [5, 5.41) is 17.0. The highest BCUT2D eigenvalue weighted by Crippen LogP contribution is 2.47. The van der Waals surface area contributed by atoms with Crippen molar-refractivity contribution in [1.82, 2.24) is 0 Å². The second kappa shape index (κ2) is 19.6. The number of allylic oxidation sites excluding steroid dienone is 2. The monoisotopic (exact) mass is 861 g/mol. The minimum absolute atomic E-state index is 0.00750. The van der Waals surface area contributed by atoms with Gasteiger partial charge < -0.3 is 47.8 Å². The summed E-state index contributed by atoms with van der Waals surface area (Å²) in [5.74, 6) is -2.51. The highest BCUT2D eigenvalue weighted by Gasteiger charge is 2.60. The first kappa shape index (κ1) is 46.3. The lowest BCUT2D eigenvalue weighted by Gasteiger charge is -2.51. The molecule has 6 aliphatic rings. The number of hydrogen-bond donors (Lipinski definition) is 1. The first-order valence-electron chi connectivity index (χ1n) is 22.5. The Bertz CT molecular complexity index is 1910. The Morgan fingerprint density at radius 1 is 1.06 bits per heavy atom. The molecule has 7 rings (SSSR count). The van der Waals surface area contributed by atoms with Crippen LogP contribution in [0.3, 0.4) is 0 Å². The van der Waals surface area contributed by atoms with Crippen molar-refractivity contribution >= 4 is 17.7 Å². The van der Waals surface area contributed by atoms with Crippen LogP contribution in [0.4, 0.5) is 0 Å². The van der Waals surface area contributed by atoms with Crippen LogP contribution in [0, 0.1) is 23.7 Å². The van der Waals surface area contributed by atoms with Crippen LogP contribution in [0.5, 0.6) is 0 Å². The number of rotatable bonds is 8. The van der Waals surface area contributed by atoms with Gasteiger partial charge in [0.05, 0.1) is 36.6 Å². The van der Waals surface area contributed by atoms with Crippen molar-refractivity contribution in [3.63, 3.8) is 0 Å². The van der Waals surface area contributed by atoms with Crippen molar-refractivity contribution in [2.24, 2.45) is 28.8 Å². The molecule has 15 atom stereocenters. The third-order valence-electron chi connectivity index (χ3n) is 13.9. The van der Waals surface area contributed by atoms with E-state index in [9.17, 15) is 14.7 Å². The standard InChI is InChI=1S/C49H67NO12/c1-10-28(2)43-31(5)21-22-48(62-43)26-37-24-36(61-48)20-19-30(4)42(59-40-25-39(54-8)44(33(7)57-40)60-46(51)34-16-12-11-13-17-34)29(3)15-14-18-35-27-56-45-41(50-55-9)32(6)23-38(47(52)58-37)49(35,45)53/h11-19,23,28-29,31,33,36-40,42-45,53H,10,20-22,24-27H2,1-9H3/b15-14+,30-19+,35-18+,50-41+/t28?,29-,31-,33-,36+,37-,38-,39-,40-,42-,43+,44-,45+,48?,49+/m0/s1. The molecule has 4 saturated heterocycles. The second-order valence-corrected chi connectivity index (χ2v) is 18.3. The van der Waals surface area contributed by atoms with Crippen LogP contribution < -0.4 is 0 Å². The molecule has 5 heterocycles. The predicted octanol–water partition coefficient (Wildman–Crippen LogP) is 7.57. The molecule has 2 unspecified atom stereocenters. The SMILES string of the molecule is CCC(C)[C@H]1OC2(CC[C@@H]1C)C[C@@H]1C[C@@H](C/C=C(\C)[C@@H](O[C@H]3C[C@H](OC)[C@@H](OC(=O)c4ccccc4)[C@H](C)O3)[C@@H](C)/C=C/C=C3\CO[C@@H]4/C(=N/OC)C(C)=C[C@@H](C(=O)O1)[C@]34O)O2. The Hall–Kier alpha value is -3.69. The van der Waals surface area contributed by atoms with E-state index in [4.69, 9.17) is 42.7 Å². The molecule has 1 aliphatic carbocycles. The quantitative estimate of drug-likeness (QED) is 0.156. The summed E-state index contributed by atoms with van der Waals surface area (Å²) in [6.45, 7) is 14.5. The number of methoxy groups -OCH3 is 1. The molecule has 0 aromatic heterocycles. The van der Waals surface area contributed by atoms with Crippen LogP contribution in [0.15, 0.2) is 82.6 Å². The molecule has 0 radical (unpaired) electrons. The lowest BCUT2D eigenvalue weighted by Crippen LogP contribution is -2.57. The molecule has 1 spiro atoms. The molecule has 13 nitrogen and oxygen atoms in total. The lowest BCUT2D eigenvalue weighted by molar-refractivity contribution is -0.340. The highest BCUT2D eigenvalue weighted by atomic mass is 16.7. The van der Waals surface area contributed by atoms with Gasteiger partial charge >= 0.3 is 11.9 Å². The number of aliphatic hydroxyl groups is 1. The summed E-state index contributed by atoms with van der Waals surface area (Å²) < 4.78 is 51.9. The van der Waals surface area contributed by atoms with Crippen LogP contribution in [0.1, 0.15) is 104 Å². The van der Waals surface area contributed by atoms with Crippen LogP contribution in [0.25, 0.3) is 0 Å². The number of fused-ring (bicyclic) bond motifs is 2. The maximum atomic E-state index is 14.5. The van der Waals surface area contributed by atoms with E-state index in [0.29, 0.717) is 66.4 Å². The molecule has 340 valence electrons. The van der Waals surface area contributed by atoms with E-state index in [-0.39, 0.29) is 24.7 Å². The maximum Gasteiger partial charge on any atom is 0.338 e. The van der Waals surface area contributed by atoms with Crippen LogP contribution in [-0.4, -0.2) is 110 Å². The van der Waals surface area contributed by atoms with E-state index < -0.39 is 72.2 Å². The highest BCUT2D eigenvalue weighted by molar-refractivity contribution is 6.07. The van der Waals surface area contributed by atoms with Crippen molar-refractivity contribution in [2.45, 2.75) is 160 Å². The van der Waals surface area contributed by atoms with Crippen molar-refractivity contribution in [1.29, 1.82) is 0 Å². The lowest BCUT2D eigenvalue weighted by atomic mass is 9.71. The molecule has 1 aromatic carbocycles. The largest absolute Gasteiger partial charge is 0.462 e. The van der Waals surface area contributed by atoms with Gasteiger partial charge in [0.1, 0.15) is 42.7 Å². The van der Waals surface area contributed by atoms with Crippen LogP contribution in [0.2, 0.25) is 0 Å². The van der Waals surface area contributed by atoms with Crippen molar-refractivity contribution in [2.75, 3.05) is 20.8 Å². The summed E-state index contributed by atoms with van der Waals surface area (Å²) in [4.78, 5) is 32.8. The summed E-state index contributed by atoms with van der Waals surface area (Å²) in [6.07, 6.45) is 9.22. The Balaban J connectivity index is 1.21. The summed E-state index contributed by atoms with van der Waals surface area (Å²) >= 11 is 0. The number of oxime groups is 1. The van der Waals surface area contributed by atoms with E-state index in [1.165, 1.54) is 7.11 Å². The molecule has 2 bridgehead atoms. The van der Waals surface area contributed by atoms with E-state index >= 15 is 0 Å². The van der Waals surface area contributed by atoms with E-state index in [2.05, 4.69) is 38.9 Å². The minimum Gasteiger partial charge on any atom is -0.462 e. The Labute approximate surface area is 366 Å². The number of benzene rings is 1. The zero-order chi connectivity index (χ0) is 44.3. The molecular weight excluding hydrogens is 795 g/mol. The molecule has 13 heteroatoms. The van der Waals surface area contributed by atoms with Gasteiger partial charge in [-0.05, 0) is 74.3 Å². The zero-order valence-corrected chi connectivity index (χ0v) is 37.8. The molecular formula is C49H67NO12. The van der Waals surface area contributed by atoms with Gasteiger partial charge in [0.2, 0.25) is 0 Å². The van der Waals surface area contributed by atoms with Gasteiger partial charge in [0, 0.05) is 38.7 Å². The molecule has 0 amide bonds. The second-order valence-electron chi connectivity index (χ2n) is 18.3. The molecule has 1 aromatic rings. The third kappa shape index (κ3) is 9.55. The zero-order valence-electron chi connectivity index (χ0n) is 37.8. The van der Waals surface area contributed by atoms with Gasteiger partial charge in [-0.15, -0.1) is 0 Å². The Morgan fingerprint density at radius 2 is 1.84 bits per heavy atom. The van der Waals surface area contributed by atoms with E-state index in [1.54, 1.807) is 37.5 Å². The molecule has 0 saturated carbocycles. The van der Waals surface area contributed by atoms with Gasteiger partial charge in [-0.2, -0.15) is 0 Å². The molecule has 62 heavy (non-hydrogen) atoms. The number of carbonyl (C=O) groups excluding carboxylic acids is 2. The minimum atomic E-state index is -1.78. The fraction of sp³-hybridized carbons (Fsp3) is 0.653. The smallest absolute Gasteiger partial charge is 0.338 e. The predicted molar refractivity (Wildman–Crippen MR) is 231 cm³/mol. The Morgan fingerprint density at radius 3 is 2.56 bits per heavy atom. The normalized spacial score (nSPS) is 42.3. The fourth-order valence-electron chi connectivity index (χ4n) is 10.3. The van der Waals surface area contributed by atoms with Gasteiger partial charge in [-0.3, -0.25) is 4.79 Å². The van der Waals surface area contributed by atoms with Crippen molar-refractivity contribution in [3.8, 4) is 0 Å². The molecule has 5 aliphatic heterocycles. The average molecular weight is 862 g/mol. The fourth-order valence-corrected chi connectivity index (χ4v) is 10.3. The van der Waals surface area contributed by atoms with Crippen LogP contribution in [-0.2, 0) is 47.5 Å². The molecule has 1 N–H and O–H groups in total. The van der Waals surface area contributed by atoms with Gasteiger partial charge in [-0.25, -0.2) is 4.79 Å². The van der Waals surface area contributed by atoms with Crippen molar-refractivity contribution < 1.29 is 57.4 Å².